The molecule has 2 heteroatoms. The first-order valence-electron chi connectivity index (χ1n) is 4.25. The third-order valence-corrected chi connectivity index (χ3v) is 1.92. The molecule has 0 saturated heterocycles. The van der Waals surface area contributed by atoms with E-state index in [4.69, 9.17) is 4.42 Å². The van der Waals surface area contributed by atoms with E-state index in [1.807, 2.05) is 19.1 Å². The molecule has 0 radical (unpaired) electrons. The highest BCUT2D eigenvalue weighted by Crippen LogP contribution is 2.20. The van der Waals surface area contributed by atoms with Gasteiger partial charge in [0.1, 0.15) is 0 Å². The van der Waals surface area contributed by atoms with Gasteiger partial charge < -0.3 is 4.42 Å². The van der Waals surface area contributed by atoms with Gasteiger partial charge in [0.15, 0.2) is 11.7 Å². The van der Waals surface area contributed by atoms with Crippen molar-refractivity contribution in [1.29, 1.82) is 0 Å². The molecule has 2 nitrogen and oxygen atoms in total. The Morgan fingerprint density at radius 2 is 2.00 bits per heavy atom. The summed E-state index contributed by atoms with van der Waals surface area (Å²) in [5, 5.41) is 0. The van der Waals surface area contributed by atoms with Gasteiger partial charge in [-0.25, -0.2) is 4.98 Å². The van der Waals surface area contributed by atoms with E-state index in [0.717, 1.165) is 11.3 Å². The monoisotopic (exact) mass is 189 g/mol. The zero-order valence-electron chi connectivity index (χ0n) is 7.74. The van der Waals surface area contributed by atoms with Crippen molar-refractivity contribution in [2.45, 2.75) is 21.3 Å². The summed E-state index contributed by atoms with van der Waals surface area (Å²) < 4.78 is 5.41. The van der Waals surface area contributed by atoms with E-state index in [-0.39, 0.29) is 7.43 Å². The molecule has 0 bridgehead atoms. The molecule has 0 unspecified atom stereocenters. The lowest BCUT2D eigenvalue weighted by Crippen LogP contribution is -1.75. The van der Waals surface area contributed by atoms with E-state index in [1.165, 1.54) is 5.56 Å². The van der Waals surface area contributed by atoms with Crippen LogP contribution in [0.2, 0.25) is 0 Å². The molecule has 74 valence electrons. The third-order valence-electron chi connectivity index (χ3n) is 1.92. The molecular formula is C12H15NO. The van der Waals surface area contributed by atoms with Gasteiger partial charge in [-0.3, -0.25) is 0 Å². The summed E-state index contributed by atoms with van der Waals surface area (Å²) in [4.78, 5) is 4.06. The summed E-state index contributed by atoms with van der Waals surface area (Å²) in [5.41, 5.74) is 2.31. The van der Waals surface area contributed by atoms with Gasteiger partial charge >= 0.3 is 0 Å². The van der Waals surface area contributed by atoms with Crippen molar-refractivity contribution in [2.75, 3.05) is 0 Å². The molecule has 0 N–H and O–H groups in total. The van der Waals surface area contributed by atoms with E-state index in [9.17, 15) is 0 Å². The van der Waals surface area contributed by atoms with E-state index in [1.54, 1.807) is 6.20 Å². The van der Waals surface area contributed by atoms with Crippen molar-refractivity contribution < 1.29 is 4.42 Å². The quantitative estimate of drug-likeness (QED) is 0.685. The van der Waals surface area contributed by atoms with Crippen LogP contribution in [-0.4, -0.2) is 4.98 Å². The smallest absolute Gasteiger partial charge is 0.191 e. The zero-order chi connectivity index (χ0) is 9.26. The fourth-order valence-corrected chi connectivity index (χ4v) is 1.29. The number of nitrogens with zero attached hydrogens (tertiary/aromatic N) is 1. The predicted molar refractivity (Wildman–Crippen MR) is 58.1 cm³/mol. The van der Waals surface area contributed by atoms with Gasteiger partial charge in [-0.1, -0.05) is 31.2 Å². The van der Waals surface area contributed by atoms with E-state index in [2.05, 4.69) is 24.0 Å². The standard InChI is InChI=1S/C11H11NO.CH4/c1-8-4-3-5-10(6-8)11-7-12-9(2)13-11;/h3-7H,1-2H3;1H4. The van der Waals surface area contributed by atoms with Gasteiger partial charge in [-0.2, -0.15) is 0 Å². The van der Waals surface area contributed by atoms with Gasteiger partial charge in [0, 0.05) is 12.5 Å². The summed E-state index contributed by atoms with van der Waals surface area (Å²) in [6.45, 7) is 3.91. The van der Waals surface area contributed by atoms with E-state index in [0.29, 0.717) is 5.89 Å². The number of aryl methyl sites for hydroxylation is 2. The van der Waals surface area contributed by atoms with Gasteiger partial charge in [-0.05, 0) is 13.0 Å². The van der Waals surface area contributed by atoms with Crippen LogP contribution < -0.4 is 0 Å². The summed E-state index contributed by atoms with van der Waals surface area (Å²) in [6, 6.07) is 8.18. The molecule has 0 fully saturated rings. The Balaban J connectivity index is 0.000000980. The minimum atomic E-state index is 0. The Labute approximate surface area is 84.6 Å². The van der Waals surface area contributed by atoms with Crippen LogP contribution in [-0.2, 0) is 0 Å². The molecule has 1 heterocycles. The van der Waals surface area contributed by atoms with Crippen molar-refractivity contribution in [3.05, 3.63) is 41.9 Å². The Morgan fingerprint density at radius 3 is 2.57 bits per heavy atom. The summed E-state index contributed by atoms with van der Waals surface area (Å²) >= 11 is 0. The molecule has 0 saturated carbocycles. The maximum Gasteiger partial charge on any atom is 0.191 e. The number of hydrogen-bond donors (Lipinski definition) is 0. The molecule has 0 aliphatic carbocycles. The fraction of sp³-hybridized carbons (Fsp3) is 0.250. The van der Waals surface area contributed by atoms with Gasteiger partial charge in [-0.15, -0.1) is 0 Å². The lowest BCUT2D eigenvalue weighted by Gasteiger charge is -1.96. The molecule has 2 rings (SSSR count). The van der Waals surface area contributed by atoms with Gasteiger partial charge in [0.25, 0.3) is 0 Å². The second-order valence-electron chi connectivity index (χ2n) is 3.11. The van der Waals surface area contributed by atoms with Crippen LogP contribution in [0.3, 0.4) is 0 Å². The fourth-order valence-electron chi connectivity index (χ4n) is 1.29. The minimum Gasteiger partial charge on any atom is -0.441 e. The third kappa shape index (κ3) is 2.02. The van der Waals surface area contributed by atoms with Crippen molar-refractivity contribution in [1.82, 2.24) is 4.98 Å². The Bertz CT molecular complexity index is 418. The van der Waals surface area contributed by atoms with Crippen LogP contribution in [0.4, 0.5) is 0 Å². The minimum absolute atomic E-state index is 0. The summed E-state index contributed by atoms with van der Waals surface area (Å²) in [6.07, 6.45) is 1.75. The van der Waals surface area contributed by atoms with Crippen LogP contribution in [0.1, 0.15) is 18.9 Å². The average molecular weight is 189 g/mol. The first-order chi connectivity index (χ1) is 6.25. The van der Waals surface area contributed by atoms with E-state index < -0.39 is 0 Å². The van der Waals surface area contributed by atoms with Crippen LogP contribution in [0.15, 0.2) is 34.9 Å². The van der Waals surface area contributed by atoms with Gasteiger partial charge in [0.05, 0.1) is 6.20 Å². The molecule has 1 aromatic heterocycles. The first-order valence-corrected chi connectivity index (χ1v) is 4.25. The Hall–Kier alpha value is -1.57. The van der Waals surface area contributed by atoms with Crippen molar-refractivity contribution >= 4 is 0 Å². The molecule has 0 aliphatic heterocycles. The highest BCUT2D eigenvalue weighted by atomic mass is 16.4. The highest BCUT2D eigenvalue weighted by Gasteiger charge is 2.02. The molecule has 0 atom stereocenters. The van der Waals surface area contributed by atoms with Crippen LogP contribution in [0.5, 0.6) is 0 Å². The summed E-state index contributed by atoms with van der Waals surface area (Å²) in [7, 11) is 0. The Kier molecular flexibility index (Phi) is 3.07. The number of aromatic nitrogens is 1. The average Bonchev–Trinajstić information content (AvgIpc) is 2.52. The molecular weight excluding hydrogens is 174 g/mol. The number of rotatable bonds is 1. The number of benzene rings is 1. The van der Waals surface area contributed by atoms with Crippen molar-refractivity contribution in [3.8, 4) is 11.3 Å². The molecule has 0 amide bonds. The topological polar surface area (TPSA) is 26.0 Å². The van der Waals surface area contributed by atoms with E-state index >= 15 is 0 Å². The molecule has 0 spiro atoms. The van der Waals surface area contributed by atoms with Crippen LogP contribution >= 0.6 is 0 Å². The normalized spacial score (nSPS) is 9.57. The number of hydrogen-bond acceptors (Lipinski definition) is 2. The maximum atomic E-state index is 5.41. The largest absolute Gasteiger partial charge is 0.441 e. The summed E-state index contributed by atoms with van der Waals surface area (Å²) in [5.74, 6) is 1.54. The SMILES string of the molecule is C.Cc1cccc(-c2cnc(C)o2)c1. The second kappa shape index (κ2) is 4.09. The predicted octanol–water partition coefficient (Wildman–Crippen LogP) is 3.59. The molecule has 2 aromatic rings. The van der Waals surface area contributed by atoms with Crippen molar-refractivity contribution in [3.63, 3.8) is 0 Å². The van der Waals surface area contributed by atoms with Crippen LogP contribution in [0.25, 0.3) is 11.3 Å². The molecule has 1 aromatic carbocycles. The van der Waals surface area contributed by atoms with Gasteiger partial charge in [0.2, 0.25) is 0 Å². The van der Waals surface area contributed by atoms with Crippen LogP contribution in [0, 0.1) is 13.8 Å². The molecule has 0 aliphatic rings. The van der Waals surface area contributed by atoms with Crippen molar-refractivity contribution in [2.24, 2.45) is 0 Å². The lowest BCUT2D eigenvalue weighted by molar-refractivity contribution is 0.534. The Morgan fingerprint density at radius 1 is 1.21 bits per heavy atom. The number of oxazole rings is 1. The lowest BCUT2D eigenvalue weighted by atomic mass is 10.1. The first kappa shape index (κ1) is 10.5. The maximum absolute atomic E-state index is 5.41. The second-order valence-corrected chi connectivity index (χ2v) is 3.11. The zero-order valence-corrected chi connectivity index (χ0v) is 7.74. The molecule has 14 heavy (non-hydrogen) atoms. The highest BCUT2D eigenvalue weighted by molar-refractivity contribution is 5.57.